The van der Waals surface area contributed by atoms with Crippen LogP contribution in [0.25, 0.3) is 10.9 Å². The number of pyridine rings is 1. The minimum absolute atomic E-state index is 0.0554. The normalized spacial score (nSPS) is 20.3. The maximum atomic E-state index is 14.0. The van der Waals surface area contributed by atoms with Crippen LogP contribution >= 0.6 is 0 Å². The number of carbonyl (C=O) groups is 1. The minimum Gasteiger partial charge on any atom is -0.486 e. The third-order valence-corrected chi connectivity index (χ3v) is 8.41. The SMILES string of the molecule is Cc1ccc2nc(N3CCC(O)CC3)c(CN(C[C@@H]3COc4ccccc4O3)C(=O)C3CCCCC3)cc2c1. The van der Waals surface area contributed by atoms with Crippen molar-refractivity contribution in [2.45, 2.75) is 70.6 Å². The molecule has 206 valence electrons. The molecule has 0 spiro atoms. The molecule has 1 N–H and O–H groups in total. The fourth-order valence-electron chi connectivity index (χ4n) is 6.24. The second kappa shape index (κ2) is 11.4. The molecule has 3 heterocycles. The molecule has 6 rings (SSSR count). The van der Waals surface area contributed by atoms with E-state index in [1.54, 1.807) is 0 Å². The molecule has 1 aliphatic carbocycles. The molecule has 0 bridgehead atoms. The van der Waals surface area contributed by atoms with Gasteiger partial charge in [-0.3, -0.25) is 4.79 Å². The number of amides is 1. The van der Waals surface area contributed by atoms with Gasteiger partial charge in [0.05, 0.1) is 18.2 Å². The second-order valence-corrected chi connectivity index (χ2v) is 11.4. The highest BCUT2D eigenvalue weighted by Gasteiger charge is 2.32. The Morgan fingerprint density at radius 3 is 2.59 bits per heavy atom. The van der Waals surface area contributed by atoms with Crippen molar-refractivity contribution >= 4 is 22.6 Å². The van der Waals surface area contributed by atoms with E-state index in [4.69, 9.17) is 14.5 Å². The molecule has 2 aliphatic heterocycles. The van der Waals surface area contributed by atoms with Crippen LogP contribution in [-0.4, -0.2) is 59.3 Å². The van der Waals surface area contributed by atoms with Crippen molar-refractivity contribution in [1.82, 2.24) is 9.88 Å². The number of para-hydroxylation sites is 2. The predicted molar refractivity (Wildman–Crippen MR) is 152 cm³/mol. The Bertz CT molecular complexity index is 1310. The first-order chi connectivity index (χ1) is 19.0. The highest BCUT2D eigenvalue weighted by molar-refractivity contribution is 5.83. The van der Waals surface area contributed by atoms with Crippen molar-refractivity contribution in [3.63, 3.8) is 0 Å². The Labute approximate surface area is 230 Å². The number of aliphatic hydroxyl groups excluding tert-OH is 1. The summed E-state index contributed by atoms with van der Waals surface area (Å²) in [5.74, 6) is 2.67. The number of carbonyl (C=O) groups excluding carboxylic acids is 1. The maximum Gasteiger partial charge on any atom is 0.226 e. The molecule has 7 nitrogen and oxygen atoms in total. The summed E-state index contributed by atoms with van der Waals surface area (Å²) in [7, 11) is 0. The van der Waals surface area contributed by atoms with Crippen molar-refractivity contribution < 1.29 is 19.4 Å². The van der Waals surface area contributed by atoms with Gasteiger partial charge in [-0.2, -0.15) is 0 Å². The maximum absolute atomic E-state index is 14.0. The number of ether oxygens (including phenoxy) is 2. The molecule has 2 fully saturated rings. The summed E-state index contributed by atoms with van der Waals surface area (Å²) >= 11 is 0. The molecular weight excluding hydrogens is 490 g/mol. The second-order valence-electron chi connectivity index (χ2n) is 11.4. The number of anilines is 1. The highest BCUT2D eigenvalue weighted by Crippen LogP contribution is 2.33. The summed E-state index contributed by atoms with van der Waals surface area (Å²) in [6, 6.07) is 16.3. The van der Waals surface area contributed by atoms with E-state index in [9.17, 15) is 9.90 Å². The number of rotatable bonds is 6. The van der Waals surface area contributed by atoms with Crippen LogP contribution in [0.3, 0.4) is 0 Å². The fourth-order valence-corrected chi connectivity index (χ4v) is 6.24. The lowest BCUT2D eigenvalue weighted by Gasteiger charge is -2.36. The summed E-state index contributed by atoms with van der Waals surface area (Å²) in [6.45, 7) is 4.96. The molecule has 1 amide bonds. The van der Waals surface area contributed by atoms with Gasteiger partial charge in [0.25, 0.3) is 0 Å². The monoisotopic (exact) mass is 529 g/mol. The molecule has 1 aromatic heterocycles. The third-order valence-electron chi connectivity index (χ3n) is 8.41. The topological polar surface area (TPSA) is 75.1 Å². The molecule has 7 heteroatoms. The first-order valence-electron chi connectivity index (χ1n) is 14.5. The van der Waals surface area contributed by atoms with E-state index in [1.165, 1.54) is 12.0 Å². The van der Waals surface area contributed by atoms with Crippen molar-refractivity contribution in [2.24, 2.45) is 5.92 Å². The number of nitrogens with zero attached hydrogens (tertiary/aromatic N) is 3. The van der Waals surface area contributed by atoms with Gasteiger partial charge in [-0.05, 0) is 62.9 Å². The van der Waals surface area contributed by atoms with Gasteiger partial charge in [0.15, 0.2) is 17.6 Å². The zero-order valence-electron chi connectivity index (χ0n) is 22.8. The number of hydrogen-bond acceptors (Lipinski definition) is 6. The zero-order valence-corrected chi connectivity index (χ0v) is 22.8. The Hall–Kier alpha value is -3.32. The average Bonchev–Trinajstić information content (AvgIpc) is 2.97. The van der Waals surface area contributed by atoms with Crippen molar-refractivity contribution in [1.29, 1.82) is 0 Å². The highest BCUT2D eigenvalue weighted by atomic mass is 16.6. The first-order valence-corrected chi connectivity index (χ1v) is 14.5. The third kappa shape index (κ3) is 5.83. The van der Waals surface area contributed by atoms with Gasteiger partial charge in [-0.15, -0.1) is 0 Å². The van der Waals surface area contributed by atoms with Crippen molar-refractivity contribution in [2.75, 3.05) is 31.1 Å². The predicted octanol–water partition coefficient (Wildman–Crippen LogP) is 5.25. The molecule has 3 aromatic rings. The number of piperidine rings is 1. The standard InChI is InChI=1S/C32H39N3O4/c1-22-11-12-28-24(17-22)18-25(31(33-28)34-15-13-26(36)14-16-34)19-35(32(37)23-7-3-2-4-8-23)20-27-21-38-29-9-5-6-10-30(29)39-27/h5-6,9-12,17-18,23,26-27,36H,2-4,7-8,13-16,19-21H2,1H3/t27-/m1/s1. The summed E-state index contributed by atoms with van der Waals surface area (Å²) < 4.78 is 12.3. The van der Waals surface area contributed by atoms with E-state index >= 15 is 0 Å². The lowest BCUT2D eigenvalue weighted by molar-refractivity contribution is -0.138. The lowest BCUT2D eigenvalue weighted by atomic mass is 9.88. The molecule has 3 aliphatic rings. The molecule has 1 saturated heterocycles. The summed E-state index contributed by atoms with van der Waals surface area (Å²) in [5, 5.41) is 11.2. The van der Waals surface area contributed by atoms with Gasteiger partial charge in [0.2, 0.25) is 5.91 Å². The summed E-state index contributed by atoms with van der Waals surface area (Å²) in [4.78, 5) is 23.4. The van der Waals surface area contributed by atoms with Crippen LogP contribution in [0.2, 0.25) is 0 Å². The number of benzene rings is 2. The zero-order chi connectivity index (χ0) is 26.8. The number of aromatic nitrogens is 1. The largest absolute Gasteiger partial charge is 0.486 e. The van der Waals surface area contributed by atoms with E-state index in [-0.39, 0.29) is 24.0 Å². The smallest absolute Gasteiger partial charge is 0.226 e. The van der Waals surface area contributed by atoms with Crippen LogP contribution in [0.5, 0.6) is 11.5 Å². The summed E-state index contributed by atoms with van der Waals surface area (Å²) in [5.41, 5.74) is 3.19. The van der Waals surface area contributed by atoms with Gasteiger partial charge in [0, 0.05) is 36.5 Å². The molecule has 1 saturated carbocycles. The van der Waals surface area contributed by atoms with Gasteiger partial charge in [0.1, 0.15) is 12.4 Å². The van der Waals surface area contributed by atoms with E-state index in [0.717, 1.165) is 85.4 Å². The van der Waals surface area contributed by atoms with Crippen molar-refractivity contribution in [3.05, 3.63) is 59.7 Å². The van der Waals surface area contributed by atoms with E-state index in [2.05, 4.69) is 36.1 Å². The quantitative estimate of drug-likeness (QED) is 0.470. The molecule has 1 atom stereocenters. The Balaban J connectivity index is 1.32. The van der Waals surface area contributed by atoms with Crippen LogP contribution in [0.1, 0.15) is 56.1 Å². The van der Waals surface area contributed by atoms with E-state index in [0.29, 0.717) is 19.7 Å². The Morgan fingerprint density at radius 1 is 1.03 bits per heavy atom. The molecule has 39 heavy (non-hydrogen) atoms. The van der Waals surface area contributed by atoms with Crippen LogP contribution in [0.4, 0.5) is 5.82 Å². The number of hydrogen-bond donors (Lipinski definition) is 1. The van der Waals surface area contributed by atoms with Crippen LogP contribution < -0.4 is 14.4 Å². The first kappa shape index (κ1) is 25.9. The van der Waals surface area contributed by atoms with Crippen molar-refractivity contribution in [3.8, 4) is 11.5 Å². The van der Waals surface area contributed by atoms with Gasteiger partial charge < -0.3 is 24.4 Å². The Kier molecular flexibility index (Phi) is 7.60. The molecule has 2 aromatic carbocycles. The van der Waals surface area contributed by atoms with Gasteiger partial charge in [-0.25, -0.2) is 4.98 Å². The number of fused-ring (bicyclic) bond motifs is 2. The van der Waals surface area contributed by atoms with E-state index in [1.807, 2.05) is 29.2 Å². The lowest BCUT2D eigenvalue weighted by Crippen LogP contribution is -2.46. The van der Waals surface area contributed by atoms with E-state index < -0.39 is 0 Å². The molecular formula is C32H39N3O4. The molecule has 0 radical (unpaired) electrons. The fraction of sp³-hybridized carbons (Fsp3) is 0.500. The average molecular weight is 530 g/mol. The number of aryl methyl sites for hydroxylation is 1. The van der Waals surface area contributed by atoms with Crippen LogP contribution in [0.15, 0.2) is 48.5 Å². The number of aliphatic hydroxyl groups is 1. The Morgan fingerprint density at radius 2 is 1.79 bits per heavy atom. The summed E-state index contributed by atoms with van der Waals surface area (Å²) in [6.07, 6.45) is 6.28. The van der Waals surface area contributed by atoms with Gasteiger partial charge >= 0.3 is 0 Å². The van der Waals surface area contributed by atoms with Crippen LogP contribution in [0, 0.1) is 12.8 Å². The minimum atomic E-state index is -0.261. The van der Waals surface area contributed by atoms with Crippen LogP contribution in [-0.2, 0) is 11.3 Å². The van der Waals surface area contributed by atoms with Gasteiger partial charge in [-0.1, -0.05) is 43.0 Å². The molecule has 0 unspecified atom stereocenters.